The third-order valence-electron chi connectivity index (χ3n) is 4.59. The lowest BCUT2D eigenvalue weighted by Crippen LogP contribution is -2.44. The van der Waals surface area contributed by atoms with Gasteiger partial charge in [-0.15, -0.1) is 13.2 Å². The Bertz CT molecular complexity index is 583. The summed E-state index contributed by atoms with van der Waals surface area (Å²) in [5, 5.41) is 11.2. The second-order valence-electron chi connectivity index (χ2n) is 6.71. The molecule has 0 saturated heterocycles. The Kier molecular flexibility index (Phi) is 9.75. The Balaban J connectivity index is 0.00000176. The van der Waals surface area contributed by atoms with Crippen molar-refractivity contribution in [1.82, 2.24) is 4.90 Å². The van der Waals surface area contributed by atoms with Gasteiger partial charge in [0.05, 0.1) is 0 Å². The minimum Gasteiger partial charge on any atom is -0.462 e. The second kappa shape index (κ2) is 11.5. The van der Waals surface area contributed by atoms with Crippen molar-refractivity contribution >= 4 is 11.9 Å². The van der Waals surface area contributed by atoms with Gasteiger partial charge in [-0.3, -0.25) is 0 Å². The number of hydrogen-bond acceptors (Lipinski definition) is 6. The molecule has 0 aromatic heterocycles. The maximum Gasteiger partial charge on any atom is 0.344 e. The van der Waals surface area contributed by atoms with Crippen LogP contribution in [0.1, 0.15) is 31.2 Å². The lowest BCUT2D eigenvalue weighted by Gasteiger charge is -2.32. The molecule has 1 aromatic carbocycles. The van der Waals surface area contributed by atoms with Crippen molar-refractivity contribution in [3.8, 4) is 0 Å². The molecule has 1 aliphatic rings. The fourth-order valence-corrected chi connectivity index (χ4v) is 3.17. The predicted octanol–water partition coefficient (Wildman–Crippen LogP) is 2.51. The monoisotopic (exact) mass is 377 g/mol. The molecule has 0 aliphatic heterocycles. The molecule has 150 valence electrons. The molecule has 2 rings (SSSR count). The van der Waals surface area contributed by atoms with Gasteiger partial charge in [-0.2, -0.15) is 0 Å². The first kappa shape index (κ1) is 22.9. The summed E-state index contributed by atoms with van der Waals surface area (Å²) in [5.74, 6) is -1.60. The molecule has 0 heterocycles. The van der Waals surface area contributed by atoms with E-state index in [1.165, 1.54) is 0 Å². The third-order valence-corrected chi connectivity index (χ3v) is 4.59. The molecule has 0 radical (unpaired) electrons. The van der Waals surface area contributed by atoms with Crippen LogP contribution in [0, 0.1) is 5.92 Å². The van der Waals surface area contributed by atoms with E-state index < -0.39 is 24.1 Å². The van der Waals surface area contributed by atoms with Crippen LogP contribution in [0.15, 0.2) is 43.5 Å². The first-order chi connectivity index (χ1) is 12.9. The van der Waals surface area contributed by atoms with Gasteiger partial charge in [0.1, 0.15) is 6.61 Å². The van der Waals surface area contributed by atoms with Crippen LogP contribution in [0.3, 0.4) is 0 Å². The van der Waals surface area contributed by atoms with E-state index in [1.54, 1.807) is 24.3 Å². The van der Waals surface area contributed by atoms with Gasteiger partial charge in [0.25, 0.3) is 0 Å². The minimum absolute atomic E-state index is 0.202. The Morgan fingerprint density at radius 1 is 1.15 bits per heavy atom. The molecule has 1 N–H and O–H groups in total. The van der Waals surface area contributed by atoms with E-state index in [2.05, 4.69) is 13.2 Å². The number of hydrogen-bond donors (Lipinski definition) is 1. The van der Waals surface area contributed by atoms with E-state index in [0.717, 1.165) is 25.7 Å². The smallest absolute Gasteiger partial charge is 0.344 e. The quantitative estimate of drug-likeness (QED) is 0.554. The average molecular weight is 377 g/mol. The van der Waals surface area contributed by atoms with Gasteiger partial charge < -0.3 is 19.5 Å². The molecule has 0 spiro atoms. The number of carbonyl (C=O) groups is 2. The summed E-state index contributed by atoms with van der Waals surface area (Å²) in [6.07, 6.45) is 3.46. The Hall–Kier alpha value is -2.18. The number of likely N-dealkylation sites (N-methyl/N-ethyl adjacent to an activating group) is 1. The van der Waals surface area contributed by atoms with Gasteiger partial charge >= 0.3 is 11.9 Å². The summed E-state index contributed by atoms with van der Waals surface area (Å²) >= 11 is 0. The Labute approximate surface area is 161 Å². The number of carbonyl (C=O) groups excluding carboxylic acids is 2. The van der Waals surface area contributed by atoms with Crippen molar-refractivity contribution in [3.63, 3.8) is 0 Å². The van der Waals surface area contributed by atoms with Crippen LogP contribution in [0.2, 0.25) is 0 Å². The molecule has 0 bridgehead atoms. The molecule has 1 aromatic rings. The zero-order valence-electron chi connectivity index (χ0n) is 16.4. The first-order valence-corrected chi connectivity index (χ1v) is 9.20. The molecule has 27 heavy (non-hydrogen) atoms. The molecule has 1 fully saturated rings. The lowest BCUT2D eigenvalue weighted by molar-refractivity contribution is -0.179. The van der Waals surface area contributed by atoms with Gasteiger partial charge in [-0.05, 0) is 32.5 Å². The summed E-state index contributed by atoms with van der Waals surface area (Å²) in [6.45, 7) is 6.33. The van der Waals surface area contributed by atoms with E-state index in [1.807, 2.05) is 25.1 Å². The fourth-order valence-electron chi connectivity index (χ4n) is 3.17. The summed E-state index contributed by atoms with van der Waals surface area (Å²) in [5.41, 5.74) is -1.21. The molecular formula is C21H31NO5. The van der Waals surface area contributed by atoms with E-state index >= 15 is 0 Å². The summed E-state index contributed by atoms with van der Waals surface area (Å²) < 4.78 is 10.1. The van der Waals surface area contributed by atoms with E-state index in [4.69, 9.17) is 9.47 Å². The van der Waals surface area contributed by atoms with Gasteiger partial charge in [0.15, 0.2) is 12.2 Å². The van der Waals surface area contributed by atoms with Gasteiger partial charge in [0.2, 0.25) is 0 Å². The molecule has 1 atom stereocenters. The number of rotatable bonds is 8. The molecule has 0 amide bonds. The predicted molar refractivity (Wildman–Crippen MR) is 104 cm³/mol. The van der Waals surface area contributed by atoms with Gasteiger partial charge in [-0.25, -0.2) is 9.59 Å². The highest BCUT2D eigenvalue weighted by Crippen LogP contribution is 2.41. The van der Waals surface area contributed by atoms with Gasteiger partial charge in [0, 0.05) is 12.5 Å². The second-order valence-corrected chi connectivity index (χ2v) is 6.71. The summed E-state index contributed by atoms with van der Waals surface area (Å²) in [4.78, 5) is 26.2. The number of ether oxygens (including phenoxy) is 2. The molecule has 1 aliphatic carbocycles. The van der Waals surface area contributed by atoms with E-state index in [0.29, 0.717) is 12.1 Å². The highest BCUT2D eigenvalue weighted by Gasteiger charge is 2.47. The average Bonchev–Trinajstić information content (AvgIpc) is 3.22. The highest BCUT2D eigenvalue weighted by molar-refractivity contribution is 5.84. The van der Waals surface area contributed by atoms with Crippen molar-refractivity contribution < 1.29 is 24.2 Å². The van der Waals surface area contributed by atoms with Crippen molar-refractivity contribution in [2.45, 2.75) is 31.3 Å². The molecule has 6 heteroatoms. The minimum atomic E-state index is -1.72. The van der Waals surface area contributed by atoms with Crippen LogP contribution in [-0.4, -0.2) is 55.8 Å². The maximum absolute atomic E-state index is 12.7. The van der Waals surface area contributed by atoms with Crippen LogP contribution in [0.4, 0.5) is 0 Å². The van der Waals surface area contributed by atoms with E-state index in [-0.39, 0.29) is 12.5 Å². The number of esters is 2. The van der Waals surface area contributed by atoms with Crippen molar-refractivity contribution in [1.29, 1.82) is 0 Å². The van der Waals surface area contributed by atoms with Crippen LogP contribution in [-0.2, 0) is 24.7 Å². The molecular weight excluding hydrogens is 346 g/mol. The topological polar surface area (TPSA) is 76.1 Å². The SMILES string of the molecule is C=C.CN(C)CCOC(=O)COC(=O)C(O)(c1ccccc1)C1CCCC1. The fraction of sp³-hybridized carbons (Fsp3) is 0.524. The van der Waals surface area contributed by atoms with Crippen molar-refractivity contribution in [2.24, 2.45) is 5.92 Å². The molecule has 6 nitrogen and oxygen atoms in total. The van der Waals surface area contributed by atoms with Crippen molar-refractivity contribution in [2.75, 3.05) is 33.9 Å². The molecule has 1 unspecified atom stereocenters. The Morgan fingerprint density at radius 2 is 1.74 bits per heavy atom. The lowest BCUT2D eigenvalue weighted by atomic mass is 9.80. The maximum atomic E-state index is 12.7. The first-order valence-electron chi connectivity index (χ1n) is 9.20. The van der Waals surface area contributed by atoms with Crippen LogP contribution >= 0.6 is 0 Å². The summed E-state index contributed by atoms with van der Waals surface area (Å²) in [6, 6.07) is 8.81. The van der Waals surface area contributed by atoms with Crippen LogP contribution < -0.4 is 0 Å². The van der Waals surface area contributed by atoms with Crippen molar-refractivity contribution in [3.05, 3.63) is 49.1 Å². The van der Waals surface area contributed by atoms with Gasteiger partial charge in [-0.1, -0.05) is 43.2 Å². The Morgan fingerprint density at radius 3 is 2.30 bits per heavy atom. The summed E-state index contributed by atoms with van der Waals surface area (Å²) in [7, 11) is 3.74. The standard InChI is InChI=1S/C19H27NO5.C2H4/c1-20(2)12-13-24-17(21)14-25-18(22)19(23,16-10-6-7-11-16)15-8-4-3-5-9-15;1-2/h3-5,8-9,16,23H,6-7,10-14H2,1-2H3;1-2H2. The van der Waals surface area contributed by atoms with Crippen LogP contribution in [0.5, 0.6) is 0 Å². The highest BCUT2D eigenvalue weighted by atomic mass is 16.6. The zero-order chi connectivity index (χ0) is 20.3. The number of aliphatic hydroxyl groups is 1. The molecule has 1 saturated carbocycles. The third kappa shape index (κ3) is 6.48. The zero-order valence-corrected chi connectivity index (χ0v) is 16.4. The normalized spacial score (nSPS) is 16.1. The largest absolute Gasteiger partial charge is 0.462 e. The van der Waals surface area contributed by atoms with E-state index in [9.17, 15) is 14.7 Å². The number of benzene rings is 1. The number of nitrogens with zero attached hydrogens (tertiary/aromatic N) is 1. The van der Waals surface area contributed by atoms with Crippen LogP contribution in [0.25, 0.3) is 0 Å².